The number of carbonyl (C=O) groups is 2. The summed E-state index contributed by atoms with van der Waals surface area (Å²) in [7, 11) is 1.38. The number of amides is 1. The number of fused-ring (bicyclic) bond motifs is 2. The van der Waals surface area contributed by atoms with E-state index < -0.39 is 12.0 Å². The lowest BCUT2D eigenvalue weighted by molar-refractivity contribution is -0.136. The Hall–Kier alpha value is -3.32. The van der Waals surface area contributed by atoms with Crippen LogP contribution in [0, 0.1) is 0 Å². The average molecular weight is 474 g/mol. The molecule has 2 heterocycles. The normalized spacial score (nSPS) is 21.3. The molecule has 1 amide bonds. The molecule has 0 spiro atoms. The van der Waals surface area contributed by atoms with Crippen LogP contribution in [-0.4, -0.2) is 29.1 Å². The minimum Gasteiger partial charge on any atom is -0.466 e. The molecule has 7 heteroatoms. The molecule has 0 aromatic heterocycles. The number of methoxy groups -OCH3 is 1. The maximum Gasteiger partial charge on any atom is 0.338 e. The van der Waals surface area contributed by atoms with E-state index in [4.69, 9.17) is 4.74 Å². The van der Waals surface area contributed by atoms with Gasteiger partial charge in [-0.15, -0.1) is 0 Å². The highest BCUT2D eigenvalue weighted by Crippen LogP contribution is 2.44. The molecule has 0 radical (unpaired) electrons. The fraction of sp³-hybridized carbons (Fsp3) is 0.296. The summed E-state index contributed by atoms with van der Waals surface area (Å²) in [5.74, 6) is -0.443. The third-order valence-corrected chi connectivity index (χ3v) is 7.46. The topological polar surface area (TPSA) is 71.0 Å². The molecule has 5 rings (SSSR count). The van der Waals surface area contributed by atoms with E-state index in [9.17, 15) is 9.59 Å². The van der Waals surface area contributed by atoms with E-state index >= 15 is 0 Å². The van der Waals surface area contributed by atoms with Crippen molar-refractivity contribution in [3.63, 3.8) is 0 Å². The van der Waals surface area contributed by atoms with Gasteiger partial charge in [-0.25, -0.2) is 9.79 Å². The fourth-order valence-corrected chi connectivity index (χ4v) is 5.97. The van der Waals surface area contributed by atoms with E-state index in [1.165, 1.54) is 30.0 Å². The number of nitrogens with zero attached hydrogens (tertiary/aromatic N) is 2. The van der Waals surface area contributed by atoms with Gasteiger partial charge in [0.15, 0.2) is 5.17 Å². The van der Waals surface area contributed by atoms with E-state index in [0.717, 1.165) is 35.7 Å². The van der Waals surface area contributed by atoms with Crippen LogP contribution in [0.15, 0.2) is 82.0 Å². The Kier molecular flexibility index (Phi) is 6.28. The second-order valence-corrected chi connectivity index (χ2v) is 9.52. The summed E-state index contributed by atoms with van der Waals surface area (Å²) in [4.78, 5) is 32.7. The molecule has 2 aliphatic heterocycles. The molecule has 6 nitrogen and oxygen atoms in total. The highest BCUT2D eigenvalue weighted by Gasteiger charge is 2.41. The lowest BCUT2D eigenvalue weighted by Gasteiger charge is -2.36. The van der Waals surface area contributed by atoms with Gasteiger partial charge in [0.25, 0.3) is 0 Å². The second-order valence-electron chi connectivity index (χ2n) is 8.68. The van der Waals surface area contributed by atoms with Crippen molar-refractivity contribution in [2.45, 2.75) is 44.7 Å². The van der Waals surface area contributed by atoms with Gasteiger partial charge in [0.1, 0.15) is 0 Å². The smallest absolute Gasteiger partial charge is 0.338 e. The number of nitrogens with one attached hydrogen (secondary N) is 1. The van der Waals surface area contributed by atoms with Crippen LogP contribution in [0.25, 0.3) is 0 Å². The number of thioether (sulfide) groups is 1. The van der Waals surface area contributed by atoms with Crippen molar-refractivity contribution >= 4 is 28.8 Å². The maximum atomic E-state index is 13.2. The number of aryl methyl sites for hydroxylation is 1. The molecule has 0 saturated heterocycles. The Morgan fingerprint density at radius 1 is 1.15 bits per heavy atom. The van der Waals surface area contributed by atoms with Crippen molar-refractivity contribution in [1.82, 2.24) is 10.2 Å². The third kappa shape index (κ3) is 4.16. The minimum atomic E-state index is -0.409. The molecule has 0 fully saturated rings. The van der Waals surface area contributed by atoms with Crippen molar-refractivity contribution in [3.05, 3.63) is 93.7 Å². The molecule has 3 aliphatic rings. The molecule has 1 aliphatic carbocycles. The summed E-state index contributed by atoms with van der Waals surface area (Å²) < 4.78 is 5.11. The average Bonchev–Trinajstić information content (AvgIpc) is 3.25. The van der Waals surface area contributed by atoms with Crippen LogP contribution in [0.5, 0.6) is 0 Å². The quantitative estimate of drug-likeness (QED) is 0.618. The Morgan fingerprint density at radius 3 is 2.71 bits per heavy atom. The van der Waals surface area contributed by atoms with E-state index in [0.29, 0.717) is 11.3 Å². The second kappa shape index (κ2) is 9.50. The van der Waals surface area contributed by atoms with E-state index in [2.05, 4.69) is 28.5 Å². The zero-order chi connectivity index (χ0) is 23.7. The van der Waals surface area contributed by atoms with Gasteiger partial charge >= 0.3 is 5.97 Å². The Labute approximate surface area is 203 Å². The van der Waals surface area contributed by atoms with Crippen molar-refractivity contribution in [3.8, 4) is 0 Å². The van der Waals surface area contributed by atoms with Crippen LogP contribution in [0.4, 0.5) is 0 Å². The summed E-state index contributed by atoms with van der Waals surface area (Å²) in [5, 5.41) is 5.98. The maximum absolute atomic E-state index is 13.2. The van der Waals surface area contributed by atoms with Crippen molar-refractivity contribution in [1.29, 1.82) is 0 Å². The van der Waals surface area contributed by atoms with Crippen LogP contribution in [-0.2, 0) is 20.7 Å². The number of carbonyl (C=O) groups excluding carboxylic acids is 2. The number of amidine groups is 1. The van der Waals surface area contributed by atoms with Gasteiger partial charge in [-0.1, -0.05) is 66.4 Å². The standard InChI is InChI=1S/C27H27N3O3S/c1-17-24(26(32)33-2)25(19-10-4-3-5-11-19)30-20(16-34-27(30)28-17)15-23(31)29-22-14-8-12-18-9-6-7-13-21(18)22/h3-7,9-11,13,16,22,25H,8,12,14-15H2,1-2H3,(H,29,31)/t22-,25-/m1/s1. The third-order valence-electron chi connectivity index (χ3n) is 6.57. The van der Waals surface area contributed by atoms with Gasteiger partial charge in [0, 0.05) is 5.70 Å². The highest BCUT2D eigenvalue weighted by molar-refractivity contribution is 8.16. The summed E-state index contributed by atoms with van der Waals surface area (Å²) in [5.41, 5.74) is 5.43. The lowest BCUT2D eigenvalue weighted by Crippen LogP contribution is -2.38. The predicted molar refractivity (Wildman–Crippen MR) is 134 cm³/mol. The molecule has 34 heavy (non-hydrogen) atoms. The Bertz CT molecular complexity index is 1220. The molecular formula is C27H27N3O3S. The largest absolute Gasteiger partial charge is 0.466 e. The van der Waals surface area contributed by atoms with E-state index in [1.54, 1.807) is 0 Å². The van der Waals surface area contributed by atoms with E-state index in [1.807, 2.05) is 53.6 Å². The molecule has 174 valence electrons. The van der Waals surface area contributed by atoms with E-state index in [-0.39, 0.29) is 18.4 Å². The van der Waals surface area contributed by atoms with Crippen LogP contribution < -0.4 is 5.32 Å². The van der Waals surface area contributed by atoms with Gasteiger partial charge < -0.3 is 15.0 Å². The number of aliphatic imine (C=N–C) groups is 1. The molecule has 2 aromatic carbocycles. The Morgan fingerprint density at radius 2 is 1.91 bits per heavy atom. The highest BCUT2D eigenvalue weighted by atomic mass is 32.2. The minimum absolute atomic E-state index is 0.0271. The zero-order valence-electron chi connectivity index (χ0n) is 19.3. The number of benzene rings is 2. The summed E-state index contributed by atoms with van der Waals surface area (Å²) in [6.45, 7) is 1.83. The first-order valence-corrected chi connectivity index (χ1v) is 12.4. The molecule has 0 unspecified atom stereocenters. The number of ether oxygens (including phenoxy) is 1. The number of allylic oxidation sites excluding steroid dienone is 1. The molecular weight excluding hydrogens is 446 g/mol. The first-order valence-electron chi connectivity index (χ1n) is 11.5. The number of esters is 1. The van der Waals surface area contributed by atoms with Crippen molar-refractivity contribution < 1.29 is 14.3 Å². The van der Waals surface area contributed by atoms with Crippen molar-refractivity contribution in [2.24, 2.45) is 4.99 Å². The summed E-state index contributed by atoms with van der Waals surface area (Å²) >= 11 is 1.48. The number of hydrogen-bond donors (Lipinski definition) is 1. The lowest BCUT2D eigenvalue weighted by atomic mass is 9.87. The molecule has 2 aromatic rings. The van der Waals surface area contributed by atoms with Gasteiger partial charge in [-0.05, 0) is 48.3 Å². The summed E-state index contributed by atoms with van der Waals surface area (Å²) in [6, 6.07) is 17.8. The van der Waals surface area contributed by atoms with Crippen LogP contribution >= 0.6 is 11.8 Å². The van der Waals surface area contributed by atoms with Gasteiger partial charge in [-0.3, -0.25) is 4.79 Å². The molecule has 1 N–H and O–H groups in total. The van der Waals surface area contributed by atoms with Crippen molar-refractivity contribution in [2.75, 3.05) is 7.11 Å². The van der Waals surface area contributed by atoms with Gasteiger partial charge in [0.2, 0.25) is 5.91 Å². The fourth-order valence-electron chi connectivity index (χ4n) is 5.01. The SMILES string of the molecule is COC(=O)C1=C(C)N=C2SC=C(CC(=O)N[C@@H]3CCCc4ccccc43)N2[C@@H]1c1ccccc1. The molecule has 0 bridgehead atoms. The predicted octanol–water partition coefficient (Wildman–Crippen LogP) is 5.02. The number of rotatable bonds is 5. The van der Waals surface area contributed by atoms with Crippen LogP contribution in [0.1, 0.15) is 55.0 Å². The first-order chi connectivity index (χ1) is 16.6. The van der Waals surface area contributed by atoms with Crippen LogP contribution in [0.2, 0.25) is 0 Å². The molecule has 2 atom stereocenters. The van der Waals surface area contributed by atoms with Gasteiger partial charge in [-0.2, -0.15) is 0 Å². The molecule has 0 saturated carbocycles. The first kappa shape index (κ1) is 22.5. The van der Waals surface area contributed by atoms with Crippen LogP contribution in [0.3, 0.4) is 0 Å². The zero-order valence-corrected chi connectivity index (χ0v) is 20.1. The van der Waals surface area contributed by atoms with Gasteiger partial charge in [0.05, 0.1) is 36.9 Å². The Balaban J connectivity index is 1.41. The summed E-state index contributed by atoms with van der Waals surface area (Å²) in [6.07, 6.45) is 3.26. The number of hydrogen-bond acceptors (Lipinski definition) is 6. The monoisotopic (exact) mass is 473 g/mol.